The molecule has 1 fully saturated rings. The molecular formula is C25H34FN5O. The molecule has 0 atom stereocenters. The average Bonchev–Trinajstić information content (AvgIpc) is 2.79. The number of hydrogen-bond acceptors (Lipinski definition) is 3. The second-order valence-electron chi connectivity index (χ2n) is 8.30. The Balaban J connectivity index is 1.52. The highest BCUT2D eigenvalue weighted by Crippen LogP contribution is 2.20. The van der Waals surface area contributed by atoms with Crippen LogP contribution in [0.25, 0.3) is 0 Å². The third-order valence-electron chi connectivity index (χ3n) is 5.60. The van der Waals surface area contributed by atoms with Crippen molar-refractivity contribution in [1.82, 2.24) is 15.5 Å². The van der Waals surface area contributed by atoms with Gasteiger partial charge in [-0.25, -0.2) is 4.39 Å². The van der Waals surface area contributed by atoms with Crippen LogP contribution in [0.1, 0.15) is 35.7 Å². The molecule has 1 amide bonds. The minimum Gasteiger partial charge on any atom is -0.371 e. The molecule has 7 heteroatoms. The lowest BCUT2D eigenvalue weighted by molar-refractivity contribution is 0.0827. The first-order valence-corrected chi connectivity index (χ1v) is 11.3. The Morgan fingerprint density at radius 3 is 2.59 bits per heavy atom. The van der Waals surface area contributed by atoms with Gasteiger partial charge in [0.2, 0.25) is 0 Å². The maximum atomic E-state index is 13.5. The lowest BCUT2D eigenvalue weighted by atomic mass is 10.0. The summed E-state index contributed by atoms with van der Waals surface area (Å²) in [6, 6.07) is 14.9. The number of nitrogens with zero attached hydrogens (tertiary/aromatic N) is 3. The first-order valence-electron chi connectivity index (χ1n) is 11.3. The van der Waals surface area contributed by atoms with E-state index in [1.807, 2.05) is 30.3 Å². The summed E-state index contributed by atoms with van der Waals surface area (Å²) in [7, 11) is 3.52. The van der Waals surface area contributed by atoms with Crippen molar-refractivity contribution in [2.75, 3.05) is 45.2 Å². The van der Waals surface area contributed by atoms with Crippen LogP contribution in [0.2, 0.25) is 0 Å². The number of halogens is 1. The van der Waals surface area contributed by atoms with Crippen LogP contribution in [-0.4, -0.2) is 63.1 Å². The highest BCUT2D eigenvalue weighted by molar-refractivity contribution is 5.94. The second kappa shape index (κ2) is 11.5. The van der Waals surface area contributed by atoms with E-state index in [-0.39, 0.29) is 11.7 Å². The van der Waals surface area contributed by atoms with Crippen molar-refractivity contribution < 1.29 is 9.18 Å². The minimum atomic E-state index is -0.194. The van der Waals surface area contributed by atoms with Crippen LogP contribution >= 0.6 is 0 Å². The van der Waals surface area contributed by atoms with Gasteiger partial charge in [0.15, 0.2) is 5.96 Å². The maximum absolute atomic E-state index is 13.5. The van der Waals surface area contributed by atoms with Crippen LogP contribution in [0.5, 0.6) is 0 Å². The van der Waals surface area contributed by atoms with Crippen molar-refractivity contribution >= 4 is 17.6 Å². The summed E-state index contributed by atoms with van der Waals surface area (Å²) in [5.74, 6) is 0.632. The fourth-order valence-corrected chi connectivity index (χ4v) is 3.88. The third kappa shape index (κ3) is 6.70. The van der Waals surface area contributed by atoms with Gasteiger partial charge in [-0.15, -0.1) is 0 Å². The lowest BCUT2D eigenvalue weighted by Gasteiger charge is -2.34. The molecule has 3 rings (SSSR count). The molecule has 172 valence electrons. The Bertz CT molecular complexity index is 922. The smallest absolute Gasteiger partial charge is 0.253 e. The van der Waals surface area contributed by atoms with E-state index in [4.69, 9.17) is 4.99 Å². The monoisotopic (exact) mass is 439 g/mol. The molecule has 1 aliphatic rings. The van der Waals surface area contributed by atoms with E-state index in [1.54, 1.807) is 31.1 Å². The van der Waals surface area contributed by atoms with Crippen LogP contribution in [0, 0.1) is 5.82 Å². The SMILES string of the molecule is CCNC(=NCCc1cccc(C(=O)N(C)C)c1)NC1CCN(c2cccc(F)c2)CC1. The van der Waals surface area contributed by atoms with Gasteiger partial charge in [0, 0.05) is 57.6 Å². The number of amides is 1. The van der Waals surface area contributed by atoms with Crippen molar-refractivity contribution in [2.45, 2.75) is 32.2 Å². The average molecular weight is 440 g/mol. The number of rotatable bonds is 7. The fraction of sp³-hybridized carbons (Fsp3) is 0.440. The molecule has 1 aliphatic heterocycles. The van der Waals surface area contributed by atoms with E-state index in [2.05, 4.69) is 22.5 Å². The number of piperidine rings is 1. The zero-order valence-corrected chi connectivity index (χ0v) is 19.3. The van der Waals surface area contributed by atoms with E-state index in [9.17, 15) is 9.18 Å². The van der Waals surface area contributed by atoms with E-state index in [0.717, 1.165) is 56.1 Å². The maximum Gasteiger partial charge on any atom is 0.253 e. The molecular weight excluding hydrogens is 405 g/mol. The summed E-state index contributed by atoms with van der Waals surface area (Å²) in [6.45, 7) is 5.25. The van der Waals surface area contributed by atoms with Gasteiger partial charge in [0.25, 0.3) is 5.91 Å². The first kappa shape index (κ1) is 23.6. The summed E-state index contributed by atoms with van der Waals surface area (Å²) < 4.78 is 13.5. The molecule has 2 aromatic carbocycles. The third-order valence-corrected chi connectivity index (χ3v) is 5.60. The molecule has 2 N–H and O–H groups in total. The molecule has 0 bridgehead atoms. The molecule has 0 unspecified atom stereocenters. The Kier molecular flexibility index (Phi) is 8.48. The molecule has 2 aromatic rings. The molecule has 0 aliphatic carbocycles. The largest absolute Gasteiger partial charge is 0.371 e. The molecule has 0 aromatic heterocycles. The van der Waals surface area contributed by atoms with Crippen LogP contribution in [0.3, 0.4) is 0 Å². The van der Waals surface area contributed by atoms with E-state index in [0.29, 0.717) is 18.2 Å². The lowest BCUT2D eigenvalue weighted by Crippen LogP contribution is -2.48. The zero-order chi connectivity index (χ0) is 22.9. The standard InChI is InChI=1S/C25H34FN5O/c1-4-27-25(28-14-11-19-7-5-8-20(17-19)24(32)30(2)3)29-22-12-15-31(16-13-22)23-10-6-9-21(26)18-23/h5-10,17-18,22H,4,11-16H2,1-3H3,(H2,27,28,29). The van der Waals surface area contributed by atoms with Crippen molar-refractivity contribution in [3.8, 4) is 0 Å². The van der Waals surface area contributed by atoms with Crippen molar-refractivity contribution in [1.29, 1.82) is 0 Å². The predicted molar refractivity (Wildman–Crippen MR) is 129 cm³/mol. The van der Waals surface area contributed by atoms with Gasteiger partial charge in [-0.05, 0) is 62.1 Å². The number of benzene rings is 2. The number of hydrogen-bond donors (Lipinski definition) is 2. The van der Waals surface area contributed by atoms with E-state index in [1.165, 1.54) is 6.07 Å². The van der Waals surface area contributed by atoms with Gasteiger partial charge in [-0.2, -0.15) is 0 Å². The predicted octanol–water partition coefficient (Wildman–Crippen LogP) is 3.29. The number of anilines is 1. The number of carbonyl (C=O) groups excluding carboxylic acids is 1. The zero-order valence-electron chi connectivity index (χ0n) is 19.3. The van der Waals surface area contributed by atoms with E-state index >= 15 is 0 Å². The Morgan fingerprint density at radius 1 is 1.16 bits per heavy atom. The van der Waals surface area contributed by atoms with Crippen molar-refractivity contribution in [3.63, 3.8) is 0 Å². The quantitative estimate of drug-likeness (QED) is 0.513. The molecule has 0 radical (unpaired) electrons. The van der Waals surface area contributed by atoms with Gasteiger partial charge in [-0.3, -0.25) is 9.79 Å². The summed E-state index contributed by atoms with van der Waals surface area (Å²) in [5, 5.41) is 6.87. The summed E-state index contributed by atoms with van der Waals surface area (Å²) in [4.78, 5) is 20.7. The normalized spacial score (nSPS) is 14.9. The van der Waals surface area contributed by atoms with Gasteiger partial charge < -0.3 is 20.4 Å². The highest BCUT2D eigenvalue weighted by Gasteiger charge is 2.20. The van der Waals surface area contributed by atoms with Crippen molar-refractivity contribution in [2.24, 2.45) is 4.99 Å². The Labute approximate surface area is 190 Å². The first-order chi connectivity index (χ1) is 15.5. The van der Waals surface area contributed by atoms with Crippen LogP contribution in [0.4, 0.5) is 10.1 Å². The Morgan fingerprint density at radius 2 is 1.91 bits per heavy atom. The van der Waals surface area contributed by atoms with E-state index < -0.39 is 0 Å². The molecule has 1 heterocycles. The fourth-order valence-electron chi connectivity index (χ4n) is 3.88. The van der Waals surface area contributed by atoms with Gasteiger partial charge >= 0.3 is 0 Å². The second-order valence-corrected chi connectivity index (χ2v) is 8.30. The topological polar surface area (TPSA) is 60.0 Å². The van der Waals surface area contributed by atoms with Crippen LogP contribution < -0.4 is 15.5 Å². The van der Waals surface area contributed by atoms with Crippen molar-refractivity contribution in [3.05, 3.63) is 65.5 Å². The van der Waals surface area contributed by atoms with Gasteiger partial charge in [-0.1, -0.05) is 18.2 Å². The van der Waals surface area contributed by atoms with Gasteiger partial charge in [0.1, 0.15) is 5.82 Å². The summed E-state index contributed by atoms with van der Waals surface area (Å²) in [5.41, 5.74) is 2.74. The Hall–Kier alpha value is -3.09. The molecule has 32 heavy (non-hydrogen) atoms. The van der Waals surface area contributed by atoms with Gasteiger partial charge in [0.05, 0.1) is 0 Å². The summed E-state index contributed by atoms with van der Waals surface area (Å²) >= 11 is 0. The summed E-state index contributed by atoms with van der Waals surface area (Å²) in [6.07, 6.45) is 2.70. The number of carbonyl (C=O) groups is 1. The molecule has 1 saturated heterocycles. The highest BCUT2D eigenvalue weighted by atomic mass is 19.1. The molecule has 0 spiro atoms. The molecule has 6 nitrogen and oxygen atoms in total. The molecule has 0 saturated carbocycles. The number of aliphatic imine (C=N–C) groups is 1. The van der Waals surface area contributed by atoms with Crippen LogP contribution in [0.15, 0.2) is 53.5 Å². The minimum absolute atomic E-state index is 0.00920. The number of guanidine groups is 1. The number of nitrogens with one attached hydrogen (secondary N) is 2. The van der Waals surface area contributed by atoms with Crippen LogP contribution in [-0.2, 0) is 6.42 Å².